The Morgan fingerprint density at radius 1 is 0.896 bits per heavy atom. The van der Waals surface area contributed by atoms with Gasteiger partial charge in [-0.25, -0.2) is 4.79 Å². The molecule has 0 saturated carbocycles. The molecule has 3 aromatic carbocycles. The summed E-state index contributed by atoms with van der Waals surface area (Å²) in [6.07, 6.45) is 5.32. The van der Waals surface area contributed by atoms with E-state index in [0.29, 0.717) is 26.7 Å². The van der Waals surface area contributed by atoms with Crippen LogP contribution in [0.1, 0.15) is 37.7 Å². The molecule has 2 aliphatic rings. The van der Waals surface area contributed by atoms with Crippen LogP contribution < -0.4 is 9.91 Å². The number of para-hydroxylation sites is 1. The Kier molecular flexibility index (Phi) is 8.36. The summed E-state index contributed by atoms with van der Waals surface area (Å²) in [5.74, 6) is -1.54. The first kappa shape index (κ1) is 31.1. The first-order valence-electron chi connectivity index (χ1n) is 15.5. The highest BCUT2D eigenvalue weighted by molar-refractivity contribution is 7.16. The number of nitriles is 1. The van der Waals surface area contributed by atoms with Gasteiger partial charge in [-0.3, -0.25) is 4.79 Å². The minimum atomic E-state index is -1.29. The number of carboxylic acid groups (broad SMARTS) is 1. The molecule has 4 heterocycles. The van der Waals surface area contributed by atoms with Gasteiger partial charge in [-0.15, -0.1) is 22.7 Å². The number of hydrogen-bond donors (Lipinski definition) is 1. The number of rotatable bonds is 7. The highest BCUT2D eigenvalue weighted by Crippen LogP contribution is 2.39. The highest BCUT2D eigenvalue weighted by Gasteiger charge is 2.33. The second kappa shape index (κ2) is 12.9. The molecule has 0 atom stereocenters. The van der Waals surface area contributed by atoms with Gasteiger partial charge in [-0.1, -0.05) is 30.3 Å². The van der Waals surface area contributed by atoms with E-state index in [4.69, 9.17) is 5.10 Å². The Balaban J connectivity index is 1.21. The Labute approximate surface area is 286 Å². The number of nitrogens with zero attached hydrogens (tertiary/aromatic N) is 4. The molecule has 2 aliphatic heterocycles. The molecule has 9 heteroatoms. The molecule has 0 saturated heterocycles. The predicted molar refractivity (Wildman–Crippen MR) is 195 cm³/mol. The molecule has 0 unspecified atom stereocenters. The van der Waals surface area contributed by atoms with Gasteiger partial charge in [0.1, 0.15) is 17.4 Å². The molecular formula is C39H30N4O3S2. The largest absolute Gasteiger partial charge is 0.477 e. The summed E-state index contributed by atoms with van der Waals surface area (Å²) in [4.78, 5) is 31.0. The quantitative estimate of drug-likeness (QED) is 0.138. The summed E-state index contributed by atoms with van der Waals surface area (Å²) in [5, 5.41) is 24.6. The van der Waals surface area contributed by atoms with Crippen molar-refractivity contribution in [1.29, 1.82) is 5.26 Å². The summed E-state index contributed by atoms with van der Waals surface area (Å²) in [6, 6.07) is 32.0. The number of aryl methyl sites for hydroxylation is 3. The number of anilines is 3. The van der Waals surface area contributed by atoms with Crippen LogP contribution in [0.5, 0.6) is 0 Å². The van der Waals surface area contributed by atoms with Crippen LogP contribution in [-0.4, -0.2) is 29.2 Å². The lowest BCUT2D eigenvalue weighted by atomic mass is 9.97. The highest BCUT2D eigenvalue weighted by atomic mass is 32.1. The monoisotopic (exact) mass is 666 g/mol. The molecule has 0 fully saturated rings. The molecule has 0 radical (unpaired) electrons. The predicted octanol–water partition coefficient (Wildman–Crippen LogP) is 9.00. The van der Waals surface area contributed by atoms with Crippen molar-refractivity contribution < 1.29 is 14.7 Å². The number of carbonyl (C=O) groups is 2. The lowest BCUT2D eigenvalue weighted by Gasteiger charge is -2.32. The van der Waals surface area contributed by atoms with Crippen LogP contribution in [0.3, 0.4) is 0 Å². The summed E-state index contributed by atoms with van der Waals surface area (Å²) >= 11 is 2.90. The average molecular weight is 667 g/mol. The number of fused-ring (bicyclic) bond motifs is 1. The minimum Gasteiger partial charge on any atom is -0.477 e. The fourth-order valence-electron chi connectivity index (χ4n) is 6.17. The van der Waals surface area contributed by atoms with Gasteiger partial charge >= 0.3 is 5.97 Å². The van der Waals surface area contributed by atoms with Crippen molar-refractivity contribution in [3.05, 3.63) is 133 Å². The van der Waals surface area contributed by atoms with Crippen molar-refractivity contribution in [2.75, 3.05) is 16.5 Å². The Morgan fingerprint density at radius 3 is 2.38 bits per heavy atom. The molecule has 1 N–H and O–H groups in total. The van der Waals surface area contributed by atoms with E-state index in [0.717, 1.165) is 34.7 Å². The van der Waals surface area contributed by atoms with Gasteiger partial charge in [0.25, 0.3) is 5.91 Å². The number of hydrogen-bond acceptors (Lipinski definition) is 7. The number of carbonyl (C=O) groups excluding carboxylic acids is 1. The molecule has 5 aromatic rings. The molecule has 0 spiro atoms. The molecule has 0 bridgehead atoms. The van der Waals surface area contributed by atoms with Crippen molar-refractivity contribution >= 4 is 69.5 Å². The van der Waals surface area contributed by atoms with Crippen molar-refractivity contribution in [1.82, 2.24) is 0 Å². The molecule has 2 aromatic heterocycles. The molecule has 236 valence electrons. The maximum Gasteiger partial charge on any atom is 0.346 e. The smallest absolute Gasteiger partial charge is 0.346 e. The van der Waals surface area contributed by atoms with E-state index < -0.39 is 5.97 Å². The number of thiophene rings is 2. The van der Waals surface area contributed by atoms with Gasteiger partial charge in [0.05, 0.1) is 16.1 Å². The van der Waals surface area contributed by atoms with Crippen LogP contribution in [0.25, 0.3) is 22.6 Å². The first-order chi connectivity index (χ1) is 23.3. The maximum absolute atomic E-state index is 13.9. The van der Waals surface area contributed by atoms with Gasteiger partial charge in [0.15, 0.2) is 0 Å². The van der Waals surface area contributed by atoms with Crippen molar-refractivity contribution in [3.63, 3.8) is 0 Å². The van der Waals surface area contributed by atoms with E-state index in [1.807, 2.05) is 42.5 Å². The van der Waals surface area contributed by atoms with Gasteiger partial charge in [-0.05, 0) is 122 Å². The zero-order chi connectivity index (χ0) is 33.4. The number of hydrazone groups is 1. The summed E-state index contributed by atoms with van der Waals surface area (Å²) in [6.45, 7) is 5.28. The SMILES string of the molecule is Cc1cc(C)cc(N2CCCc3cc(-c4ccc(/C=C5\C(=O)N(c6ccccc6)N=C5c5ccc(/C=C(\C#N)C(=O)O)s5)s4)ccc32)c1. The Hall–Kier alpha value is -5.56. The Bertz CT molecular complexity index is 2200. The molecule has 48 heavy (non-hydrogen) atoms. The topological polar surface area (TPSA) is 97.0 Å². The van der Waals surface area contributed by atoms with E-state index in [1.165, 1.54) is 50.5 Å². The van der Waals surface area contributed by atoms with Crippen LogP contribution in [-0.2, 0) is 16.0 Å². The third kappa shape index (κ3) is 6.11. The van der Waals surface area contributed by atoms with E-state index in [1.54, 1.807) is 29.5 Å². The molecule has 7 nitrogen and oxygen atoms in total. The summed E-state index contributed by atoms with van der Waals surface area (Å²) < 4.78 is 0. The van der Waals surface area contributed by atoms with Crippen LogP contribution >= 0.6 is 22.7 Å². The number of benzene rings is 3. The number of amides is 1. The molecule has 1 amide bonds. The number of aliphatic carboxylic acids is 1. The van der Waals surface area contributed by atoms with Gasteiger partial charge in [0, 0.05) is 32.6 Å². The standard InChI is InChI=1S/C39H30N4O3S2/c1-24-17-25(2)19-30(18-24)42-16-6-7-26-20-27(10-13-34(26)42)35-14-11-32(47-35)22-33-37(41-43(38(33)44)29-8-4-3-5-9-29)36-15-12-31(48-36)21-28(23-40)39(45)46/h3-5,8-15,17-22H,6-7,16H2,1-2H3,(H,45,46)/b28-21+,33-22-. The summed E-state index contributed by atoms with van der Waals surface area (Å²) in [7, 11) is 0. The molecule has 0 aliphatic carbocycles. The van der Waals surface area contributed by atoms with E-state index >= 15 is 0 Å². The summed E-state index contributed by atoms with van der Waals surface area (Å²) in [5.41, 5.74) is 8.71. The average Bonchev–Trinajstić information content (AvgIpc) is 3.83. The zero-order valence-electron chi connectivity index (χ0n) is 26.3. The van der Waals surface area contributed by atoms with E-state index in [-0.39, 0.29) is 11.5 Å². The minimum absolute atomic E-state index is 0.250. The van der Waals surface area contributed by atoms with Crippen LogP contribution in [0.2, 0.25) is 0 Å². The Morgan fingerprint density at radius 2 is 1.62 bits per heavy atom. The lowest BCUT2D eigenvalue weighted by molar-refractivity contribution is -0.132. The van der Waals surface area contributed by atoms with Crippen molar-refractivity contribution in [2.45, 2.75) is 26.7 Å². The number of carboxylic acids is 1. The molecular weight excluding hydrogens is 637 g/mol. The van der Waals surface area contributed by atoms with Crippen LogP contribution in [0, 0.1) is 25.2 Å². The third-order valence-electron chi connectivity index (χ3n) is 8.29. The second-order valence-corrected chi connectivity index (χ2v) is 14.0. The van der Waals surface area contributed by atoms with Gasteiger partial charge in [-0.2, -0.15) is 15.4 Å². The zero-order valence-corrected chi connectivity index (χ0v) is 27.9. The fourth-order valence-corrected chi connectivity index (χ4v) is 8.06. The fraction of sp³-hybridized carbons (Fsp3) is 0.128. The van der Waals surface area contributed by atoms with Gasteiger partial charge in [0.2, 0.25) is 0 Å². The van der Waals surface area contributed by atoms with Gasteiger partial charge < -0.3 is 10.0 Å². The normalized spacial score (nSPS) is 15.4. The van der Waals surface area contributed by atoms with E-state index in [9.17, 15) is 20.0 Å². The first-order valence-corrected chi connectivity index (χ1v) is 17.1. The lowest BCUT2D eigenvalue weighted by Crippen LogP contribution is -2.24. The van der Waals surface area contributed by atoms with Crippen LogP contribution in [0.15, 0.2) is 107 Å². The molecule has 7 rings (SSSR count). The van der Waals surface area contributed by atoms with Crippen LogP contribution in [0.4, 0.5) is 17.1 Å². The maximum atomic E-state index is 13.9. The second-order valence-electron chi connectivity index (χ2n) is 11.8. The van der Waals surface area contributed by atoms with Crippen molar-refractivity contribution in [3.8, 4) is 16.5 Å². The van der Waals surface area contributed by atoms with Crippen molar-refractivity contribution in [2.24, 2.45) is 5.10 Å². The van der Waals surface area contributed by atoms with E-state index in [2.05, 4.69) is 61.2 Å². The third-order valence-corrected chi connectivity index (χ3v) is 10.4.